The maximum Gasteiger partial charge on any atom is 0.149 e. The number of halogens is 2. The van der Waals surface area contributed by atoms with Crippen LogP contribution in [-0.4, -0.2) is 4.98 Å². The first-order valence-electron chi connectivity index (χ1n) is 4.99. The standard InChI is InChI=1S/C11H11Cl2N3S/c1-6(9-2-3-10(13)17-9)16-11-8(14)4-7(12)5-15-11/h2-6H,14H2,1H3,(H,15,16). The minimum atomic E-state index is 0.100. The molecule has 0 spiro atoms. The molecule has 0 bridgehead atoms. The number of hydrogen-bond donors (Lipinski definition) is 2. The monoisotopic (exact) mass is 287 g/mol. The molecule has 0 saturated carbocycles. The molecule has 2 aromatic rings. The summed E-state index contributed by atoms with van der Waals surface area (Å²) in [4.78, 5) is 5.28. The third-order valence-corrected chi connectivity index (χ3v) is 3.88. The van der Waals surface area contributed by atoms with Crippen molar-refractivity contribution in [3.05, 3.63) is 38.6 Å². The van der Waals surface area contributed by atoms with E-state index < -0.39 is 0 Å². The Kier molecular flexibility index (Phi) is 3.76. The number of rotatable bonds is 3. The molecule has 90 valence electrons. The highest BCUT2D eigenvalue weighted by Gasteiger charge is 2.10. The number of anilines is 2. The summed E-state index contributed by atoms with van der Waals surface area (Å²) in [5.41, 5.74) is 6.36. The first-order chi connectivity index (χ1) is 8.06. The van der Waals surface area contributed by atoms with Crippen molar-refractivity contribution in [2.75, 3.05) is 11.1 Å². The van der Waals surface area contributed by atoms with Crippen molar-refractivity contribution >= 4 is 46.0 Å². The quantitative estimate of drug-likeness (QED) is 0.889. The molecule has 0 saturated heterocycles. The number of nitrogens with one attached hydrogen (secondary N) is 1. The van der Waals surface area contributed by atoms with E-state index in [1.165, 1.54) is 11.3 Å². The predicted octanol–water partition coefficient (Wildman–Crippen LogP) is 4.21. The van der Waals surface area contributed by atoms with Crippen molar-refractivity contribution < 1.29 is 0 Å². The van der Waals surface area contributed by atoms with Gasteiger partial charge in [-0.1, -0.05) is 23.2 Å². The summed E-state index contributed by atoms with van der Waals surface area (Å²) >= 11 is 13.2. The maximum atomic E-state index is 5.89. The number of nitrogen functional groups attached to an aromatic ring is 1. The van der Waals surface area contributed by atoms with Crippen LogP contribution in [0.5, 0.6) is 0 Å². The lowest BCUT2D eigenvalue weighted by molar-refractivity contribution is 0.897. The SMILES string of the molecule is CC(Nc1ncc(Cl)cc1N)c1ccc(Cl)s1. The zero-order valence-corrected chi connectivity index (χ0v) is 11.4. The molecule has 2 aromatic heterocycles. The number of hydrogen-bond acceptors (Lipinski definition) is 4. The van der Waals surface area contributed by atoms with E-state index in [9.17, 15) is 0 Å². The zero-order valence-electron chi connectivity index (χ0n) is 9.08. The molecule has 0 amide bonds. The largest absolute Gasteiger partial charge is 0.396 e. The van der Waals surface area contributed by atoms with Crippen LogP contribution in [0.1, 0.15) is 17.8 Å². The summed E-state index contributed by atoms with van der Waals surface area (Å²) in [7, 11) is 0. The number of nitrogens with two attached hydrogens (primary N) is 1. The number of pyridine rings is 1. The van der Waals surface area contributed by atoms with Crippen LogP contribution in [-0.2, 0) is 0 Å². The average Bonchev–Trinajstić information content (AvgIpc) is 2.69. The number of nitrogens with zero attached hydrogens (tertiary/aromatic N) is 1. The van der Waals surface area contributed by atoms with Gasteiger partial charge < -0.3 is 11.1 Å². The van der Waals surface area contributed by atoms with Crippen LogP contribution in [0.15, 0.2) is 24.4 Å². The molecule has 0 fully saturated rings. The molecule has 0 aliphatic carbocycles. The normalized spacial score (nSPS) is 12.4. The van der Waals surface area contributed by atoms with Gasteiger partial charge in [-0.15, -0.1) is 11.3 Å². The Morgan fingerprint density at radius 1 is 1.41 bits per heavy atom. The first kappa shape index (κ1) is 12.5. The molecular weight excluding hydrogens is 277 g/mol. The molecule has 0 aliphatic heterocycles. The molecule has 0 aliphatic rings. The molecule has 3 nitrogen and oxygen atoms in total. The minimum Gasteiger partial charge on any atom is -0.396 e. The summed E-state index contributed by atoms with van der Waals surface area (Å²) in [5, 5.41) is 3.75. The van der Waals surface area contributed by atoms with E-state index in [-0.39, 0.29) is 6.04 Å². The lowest BCUT2D eigenvalue weighted by Gasteiger charge is -2.14. The second-order valence-electron chi connectivity index (χ2n) is 3.60. The molecule has 0 radical (unpaired) electrons. The van der Waals surface area contributed by atoms with Crippen LogP contribution < -0.4 is 11.1 Å². The Balaban J connectivity index is 2.15. The van der Waals surface area contributed by atoms with Gasteiger partial charge in [-0.3, -0.25) is 0 Å². The molecule has 2 heterocycles. The Morgan fingerprint density at radius 2 is 2.18 bits per heavy atom. The van der Waals surface area contributed by atoms with E-state index in [0.717, 1.165) is 9.21 Å². The van der Waals surface area contributed by atoms with E-state index >= 15 is 0 Å². The van der Waals surface area contributed by atoms with Gasteiger partial charge in [-0.05, 0) is 25.1 Å². The van der Waals surface area contributed by atoms with Gasteiger partial charge >= 0.3 is 0 Å². The summed E-state index contributed by atoms with van der Waals surface area (Å²) in [5.74, 6) is 0.631. The Morgan fingerprint density at radius 3 is 2.76 bits per heavy atom. The maximum absolute atomic E-state index is 5.89. The minimum absolute atomic E-state index is 0.100. The summed E-state index contributed by atoms with van der Waals surface area (Å²) in [6, 6.07) is 5.63. The van der Waals surface area contributed by atoms with Crippen LogP contribution >= 0.6 is 34.5 Å². The lowest BCUT2D eigenvalue weighted by Crippen LogP contribution is -2.08. The smallest absolute Gasteiger partial charge is 0.149 e. The van der Waals surface area contributed by atoms with Crippen LogP contribution in [0, 0.1) is 0 Å². The zero-order chi connectivity index (χ0) is 12.4. The highest BCUT2D eigenvalue weighted by atomic mass is 35.5. The van der Waals surface area contributed by atoms with Crippen LogP contribution in [0.4, 0.5) is 11.5 Å². The van der Waals surface area contributed by atoms with Crippen molar-refractivity contribution in [3.63, 3.8) is 0 Å². The number of aromatic nitrogens is 1. The van der Waals surface area contributed by atoms with Gasteiger partial charge in [0.25, 0.3) is 0 Å². The molecule has 3 N–H and O–H groups in total. The van der Waals surface area contributed by atoms with Gasteiger partial charge in [0.15, 0.2) is 0 Å². The van der Waals surface area contributed by atoms with E-state index in [1.54, 1.807) is 12.3 Å². The fraction of sp³-hybridized carbons (Fsp3) is 0.182. The summed E-state index contributed by atoms with van der Waals surface area (Å²) in [6.07, 6.45) is 1.56. The van der Waals surface area contributed by atoms with Crippen molar-refractivity contribution in [2.24, 2.45) is 0 Å². The van der Waals surface area contributed by atoms with Crippen molar-refractivity contribution in [2.45, 2.75) is 13.0 Å². The van der Waals surface area contributed by atoms with Crippen LogP contribution in [0.2, 0.25) is 9.36 Å². The lowest BCUT2D eigenvalue weighted by atomic mass is 10.2. The van der Waals surface area contributed by atoms with Crippen molar-refractivity contribution in [3.8, 4) is 0 Å². The molecular formula is C11H11Cl2N3S. The molecule has 6 heteroatoms. The summed E-state index contributed by atoms with van der Waals surface area (Å²) in [6.45, 7) is 2.03. The Bertz CT molecular complexity index is 527. The van der Waals surface area contributed by atoms with Gasteiger partial charge in [0, 0.05) is 11.1 Å². The highest BCUT2D eigenvalue weighted by Crippen LogP contribution is 2.30. The molecule has 1 unspecified atom stereocenters. The first-order valence-corrected chi connectivity index (χ1v) is 6.56. The van der Waals surface area contributed by atoms with Crippen LogP contribution in [0.25, 0.3) is 0 Å². The molecule has 2 rings (SSSR count). The van der Waals surface area contributed by atoms with E-state index in [0.29, 0.717) is 16.5 Å². The van der Waals surface area contributed by atoms with E-state index in [2.05, 4.69) is 10.3 Å². The van der Waals surface area contributed by atoms with E-state index in [4.69, 9.17) is 28.9 Å². The Hall–Kier alpha value is -0.970. The summed E-state index contributed by atoms with van der Waals surface area (Å²) < 4.78 is 0.769. The van der Waals surface area contributed by atoms with Gasteiger partial charge in [0.1, 0.15) is 5.82 Å². The average molecular weight is 288 g/mol. The van der Waals surface area contributed by atoms with Crippen LogP contribution in [0.3, 0.4) is 0 Å². The highest BCUT2D eigenvalue weighted by molar-refractivity contribution is 7.16. The van der Waals surface area contributed by atoms with E-state index in [1.807, 2.05) is 19.1 Å². The molecule has 17 heavy (non-hydrogen) atoms. The molecule has 0 aromatic carbocycles. The predicted molar refractivity (Wildman–Crippen MR) is 75.0 cm³/mol. The second-order valence-corrected chi connectivity index (χ2v) is 5.78. The Labute approximate surface area is 114 Å². The fourth-order valence-corrected chi connectivity index (χ4v) is 2.64. The van der Waals surface area contributed by atoms with Gasteiger partial charge in [0.05, 0.1) is 21.1 Å². The van der Waals surface area contributed by atoms with Gasteiger partial charge in [-0.2, -0.15) is 0 Å². The van der Waals surface area contributed by atoms with Gasteiger partial charge in [-0.25, -0.2) is 4.98 Å². The third kappa shape index (κ3) is 3.03. The van der Waals surface area contributed by atoms with Gasteiger partial charge in [0.2, 0.25) is 0 Å². The van der Waals surface area contributed by atoms with Crippen molar-refractivity contribution in [1.29, 1.82) is 0 Å². The molecule has 1 atom stereocenters. The number of thiophene rings is 1. The van der Waals surface area contributed by atoms with Crippen molar-refractivity contribution in [1.82, 2.24) is 4.98 Å². The fourth-order valence-electron chi connectivity index (χ4n) is 1.41. The topological polar surface area (TPSA) is 50.9 Å². The third-order valence-electron chi connectivity index (χ3n) is 2.26. The second kappa shape index (κ2) is 5.12.